The summed E-state index contributed by atoms with van der Waals surface area (Å²) in [6.07, 6.45) is -4.46. The third kappa shape index (κ3) is 1.84. The number of aromatic amines is 1. The molecule has 2 aromatic carbocycles. The number of nitrogens with one attached hydrogen (secondary N) is 1. The Morgan fingerprint density at radius 2 is 1.92 bits per heavy atom. The number of benzene rings is 2. The van der Waals surface area contributed by atoms with Gasteiger partial charge >= 0.3 is 6.18 Å². The molecule has 0 radical (unpaired) electrons. The number of aromatic nitrogens is 2. The van der Waals surface area contributed by atoms with Gasteiger partial charge in [0.25, 0.3) is 0 Å². The molecule has 0 saturated heterocycles. The number of alkyl halides is 3. The van der Waals surface area contributed by atoms with Crippen LogP contribution in [-0.2, 0) is 6.18 Å². The summed E-state index contributed by atoms with van der Waals surface area (Å²) in [5.74, 6) is 1.58. The van der Waals surface area contributed by atoms with Crippen LogP contribution in [0.3, 0.4) is 0 Å². The minimum atomic E-state index is -4.38. The summed E-state index contributed by atoms with van der Waals surface area (Å²) in [6.45, 7) is 0. The molecular weight excluding hydrogens is 321 g/mol. The van der Waals surface area contributed by atoms with E-state index in [0.29, 0.717) is 16.9 Å². The Morgan fingerprint density at radius 3 is 2.71 bits per heavy atom. The van der Waals surface area contributed by atoms with Crippen LogP contribution in [0.1, 0.15) is 28.8 Å². The Hall–Kier alpha value is -2.70. The quantitative estimate of drug-likeness (QED) is 0.710. The first-order valence-electron chi connectivity index (χ1n) is 7.48. The zero-order chi connectivity index (χ0) is 16.6. The van der Waals surface area contributed by atoms with Crippen molar-refractivity contribution in [2.24, 2.45) is 0 Å². The number of halogens is 3. The van der Waals surface area contributed by atoms with Crippen LogP contribution in [0, 0.1) is 0 Å². The van der Waals surface area contributed by atoms with Crippen LogP contribution < -0.4 is 4.74 Å². The number of ether oxygens (including phenoxy) is 1. The molecule has 24 heavy (non-hydrogen) atoms. The molecule has 1 aliphatic carbocycles. The lowest BCUT2D eigenvalue weighted by molar-refractivity contribution is -0.137. The molecule has 0 bridgehead atoms. The molecule has 1 saturated carbocycles. The summed E-state index contributed by atoms with van der Waals surface area (Å²) in [6, 6.07) is 8.44. The smallest absolute Gasteiger partial charge is 0.416 e. The van der Waals surface area contributed by atoms with Crippen molar-refractivity contribution in [3.63, 3.8) is 0 Å². The van der Waals surface area contributed by atoms with Crippen LogP contribution >= 0.6 is 0 Å². The van der Waals surface area contributed by atoms with E-state index in [2.05, 4.69) is 9.97 Å². The second-order valence-electron chi connectivity index (χ2n) is 6.21. The fourth-order valence-electron chi connectivity index (χ4n) is 3.54. The van der Waals surface area contributed by atoms with E-state index in [1.165, 1.54) is 6.07 Å². The summed E-state index contributed by atoms with van der Waals surface area (Å²) in [7, 11) is 0. The number of fused-ring (bicyclic) bond motifs is 4. The molecule has 1 fully saturated rings. The Balaban J connectivity index is 1.51. The molecule has 5 rings (SSSR count). The van der Waals surface area contributed by atoms with Crippen LogP contribution in [0.15, 0.2) is 36.4 Å². The molecule has 1 aromatic heterocycles. The van der Waals surface area contributed by atoms with Gasteiger partial charge in [0.1, 0.15) is 23.4 Å². The van der Waals surface area contributed by atoms with E-state index in [0.717, 1.165) is 23.4 Å². The summed E-state index contributed by atoms with van der Waals surface area (Å²) < 4.78 is 44.2. The van der Waals surface area contributed by atoms with Gasteiger partial charge in [0, 0.05) is 11.5 Å². The van der Waals surface area contributed by atoms with E-state index in [4.69, 9.17) is 4.74 Å². The zero-order valence-electron chi connectivity index (χ0n) is 12.1. The number of imidazole rings is 1. The molecule has 2 aliphatic rings. The van der Waals surface area contributed by atoms with Gasteiger partial charge in [-0.2, -0.15) is 13.2 Å². The Labute approximate surface area is 133 Å². The standard InChI is InChI=1S/C17H11F3N2O2/c18-17(19,20)7-1-3-10-11(5-7)22-16(21-10)14-13-9-6-8(23)2-4-12(9)24-15(13)14/h1-6,13-15,23H,(H,21,22). The first-order chi connectivity index (χ1) is 11.4. The maximum absolute atomic E-state index is 12.8. The molecule has 7 heteroatoms. The van der Waals surface area contributed by atoms with E-state index in [-0.39, 0.29) is 23.7 Å². The molecule has 3 aromatic rings. The predicted molar refractivity (Wildman–Crippen MR) is 79.1 cm³/mol. The fraction of sp³-hybridized carbons (Fsp3) is 0.235. The number of aromatic hydroxyl groups is 1. The lowest BCUT2D eigenvalue weighted by Crippen LogP contribution is -2.04. The zero-order valence-corrected chi connectivity index (χ0v) is 12.1. The van der Waals surface area contributed by atoms with Gasteiger partial charge in [-0.3, -0.25) is 0 Å². The topological polar surface area (TPSA) is 58.1 Å². The summed E-state index contributed by atoms with van der Waals surface area (Å²) in [5, 5.41) is 9.63. The number of hydrogen-bond acceptors (Lipinski definition) is 3. The van der Waals surface area contributed by atoms with Crippen molar-refractivity contribution < 1.29 is 23.0 Å². The van der Waals surface area contributed by atoms with Gasteiger partial charge in [-0.1, -0.05) is 0 Å². The Morgan fingerprint density at radius 1 is 1.08 bits per heavy atom. The third-order valence-electron chi connectivity index (χ3n) is 4.71. The third-order valence-corrected chi connectivity index (χ3v) is 4.71. The van der Waals surface area contributed by atoms with Crippen molar-refractivity contribution in [1.29, 1.82) is 0 Å². The number of rotatable bonds is 1. The second-order valence-corrected chi connectivity index (χ2v) is 6.21. The Bertz CT molecular complexity index is 980. The molecule has 1 aliphatic heterocycles. The molecule has 2 N–H and O–H groups in total. The molecule has 0 spiro atoms. The minimum absolute atomic E-state index is 0.0268. The van der Waals surface area contributed by atoms with Gasteiger partial charge in [-0.05, 0) is 36.4 Å². The van der Waals surface area contributed by atoms with Crippen LogP contribution in [0.25, 0.3) is 11.0 Å². The number of phenolic OH excluding ortho intramolecular Hbond substituents is 1. The van der Waals surface area contributed by atoms with Crippen molar-refractivity contribution >= 4 is 11.0 Å². The van der Waals surface area contributed by atoms with Crippen LogP contribution in [-0.4, -0.2) is 21.2 Å². The van der Waals surface area contributed by atoms with Crippen molar-refractivity contribution in [2.45, 2.75) is 24.1 Å². The van der Waals surface area contributed by atoms with E-state index in [1.54, 1.807) is 18.2 Å². The lowest BCUT2D eigenvalue weighted by Gasteiger charge is -2.06. The van der Waals surface area contributed by atoms with Crippen LogP contribution in [0.5, 0.6) is 11.5 Å². The van der Waals surface area contributed by atoms with Crippen molar-refractivity contribution in [1.82, 2.24) is 9.97 Å². The highest BCUT2D eigenvalue weighted by Crippen LogP contribution is 2.63. The molecule has 3 unspecified atom stereocenters. The van der Waals surface area contributed by atoms with E-state index in [1.807, 2.05) is 0 Å². The largest absolute Gasteiger partial charge is 0.508 e. The highest BCUT2D eigenvalue weighted by atomic mass is 19.4. The van der Waals surface area contributed by atoms with Gasteiger partial charge in [0.15, 0.2) is 0 Å². The maximum atomic E-state index is 12.8. The molecule has 122 valence electrons. The monoisotopic (exact) mass is 332 g/mol. The number of hydrogen-bond donors (Lipinski definition) is 2. The highest BCUT2D eigenvalue weighted by Gasteiger charge is 2.61. The van der Waals surface area contributed by atoms with E-state index < -0.39 is 11.7 Å². The Kier molecular flexibility index (Phi) is 2.41. The summed E-state index contributed by atoms with van der Waals surface area (Å²) in [5.41, 5.74) is 1.08. The minimum Gasteiger partial charge on any atom is -0.508 e. The first kappa shape index (κ1) is 13.7. The van der Waals surface area contributed by atoms with Crippen molar-refractivity contribution in [2.75, 3.05) is 0 Å². The van der Waals surface area contributed by atoms with Gasteiger partial charge in [0.05, 0.1) is 22.5 Å². The van der Waals surface area contributed by atoms with Gasteiger partial charge in [-0.25, -0.2) is 4.98 Å². The second kappa shape index (κ2) is 4.23. The van der Waals surface area contributed by atoms with Crippen molar-refractivity contribution in [3.8, 4) is 11.5 Å². The molecule has 2 heterocycles. The lowest BCUT2D eigenvalue weighted by atomic mass is 10.1. The number of phenols is 1. The molecule has 3 atom stereocenters. The van der Waals surface area contributed by atoms with Crippen LogP contribution in [0.2, 0.25) is 0 Å². The predicted octanol–water partition coefficient (Wildman–Crippen LogP) is 3.93. The average Bonchev–Trinajstić information content (AvgIpc) is 2.89. The summed E-state index contributed by atoms with van der Waals surface area (Å²) in [4.78, 5) is 7.40. The van der Waals surface area contributed by atoms with E-state index in [9.17, 15) is 18.3 Å². The summed E-state index contributed by atoms with van der Waals surface area (Å²) >= 11 is 0. The molecular formula is C17H11F3N2O2. The van der Waals surface area contributed by atoms with Crippen molar-refractivity contribution in [3.05, 3.63) is 53.3 Å². The van der Waals surface area contributed by atoms with Gasteiger partial charge in [-0.15, -0.1) is 0 Å². The number of H-pyrrole nitrogens is 1. The molecule has 0 amide bonds. The maximum Gasteiger partial charge on any atom is 0.416 e. The SMILES string of the molecule is Oc1ccc2c(c1)C1C(O2)C1c1nc2ccc(C(F)(F)F)cc2[nH]1. The fourth-order valence-corrected chi connectivity index (χ4v) is 3.54. The van der Waals surface area contributed by atoms with Gasteiger partial charge < -0.3 is 14.8 Å². The average molecular weight is 332 g/mol. The molecule has 4 nitrogen and oxygen atoms in total. The van der Waals surface area contributed by atoms with Crippen LogP contribution in [0.4, 0.5) is 13.2 Å². The first-order valence-corrected chi connectivity index (χ1v) is 7.48. The van der Waals surface area contributed by atoms with Gasteiger partial charge in [0.2, 0.25) is 0 Å². The van der Waals surface area contributed by atoms with E-state index >= 15 is 0 Å². The number of nitrogens with zero attached hydrogens (tertiary/aromatic N) is 1. The highest BCUT2D eigenvalue weighted by molar-refractivity contribution is 5.76. The normalized spacial score (nSPS) is 24.5.